The maximum atomic E-state index is 11.2. The van der Waals surface area contributed by atoms with Gasteiger partial charge in [0.05, 0.1) is 11.0 Å². The molecule has 18 heavy (non-hydrogen) atoms. The van der Waals surface area contributed by atoms with Crippen molar-refractivity contribution in [3.8, 4) is 0 Å². The van der Waals surface area contributed by atoms with Crippen LogP contribution < -0.4 is 0 Å². The predicted octanol–water partition coefficient (Wildman–Crippen LogP) is 2.50. The van der Waals surface area contributed by atoms with Gasteiger partial charge in [0.1, 0.15) is 5.82 Å². The number of halogens is 1. The molecule has 0 saturated heterocycles. The van der Waals surface area contributed by atoms with Gasteiger partial charge < -0.3 is 4.57 Å². The fourth-order valence-electron chi connectivity index (χ4n) is 2.03. The maximum absolute atomic E-state index is 11.2. The van der Waals surface area contributed by atoms with Crippen molar-refractivity contribution in [2.75, 3.05) is 17.9 Å². The van der Waals surface area contributed by atoms with Gasteiger partial charge in [0.25, 0.3) is 0 Å². The molecule has 5 heteroatoms. The highest BCUT2D eigenvalue weighted by atomic mass is 35.5. The van der Waals surface area contributed by atoms with E-state index in [0.29, 0.717) is 11.6 Å². The van der Waals surface area contributed by atoms with Crippen LogP contribution in [0.1, 0.15) is 11.4 Å². The van der Waals surface area contributed by atoms with Crippen molar-refractivity contribution in [3.63, 3.8) is 0 Å². The van der Waals surface area contributed by atoms with Crippen LogP contribution in [0.15, 0.2) is 18.2 Å². The van der Waals surface area contributed by atoms with Gasteiger partial charge in [-0.25, -0.2) is 4.98 Å². The second-order valence-corrected chi connectivity index (χ2v) is 6.32. The molecule has 0 radical (unpaired) electrons. The van der Waals surface area contributed by atoms with Crippen molar-refractivity contribution >= 4 is 33.4 Å². The number of benzene rings is 1. The molecule has 0 aliphatic heterocycles. The lowest BCUT2D eigenvalue weighted by molar-refractivity contribution is 0.674. The van der Waals surface area contributed by atoms with Gasteiger partial charge in [-0.3, -0.25) is 4.21 Å². The lowest BCUT2D eigenvalue weighted by atomic mass is 10.2. The molecule has 2 aromatic rings. The van der Waals surface area contributed by atoms with Crippen LogP contribution in [0.5, 0.6) is 0 Å². The highest BCUT2D eigenvalue weighted by molar-refractivity contribution is 7.84. The van der Waals surface area contributed by atoms with Crippen LogP contribution in [0.2, 0.25) is 0 Å². The van der Waals surface area contributed by atoms with E-state index in [1.54, 1.807) is 6.26 Å². The number of hydrogen-bond acceptors (Lipinski definition) is 2. The van der Waals surface area contributed by atoms with Gasteiger partial charge in [0, 0.05) is 41.7 Å². The van der Waals surface area contributed by atoms with E-state index >= 15 is 0 Å². The van der Waals surface area contributed by atoms with Crippen LogP contribution in [-0.2, 0) is 23.8 Å². The Kier molecular flexibility index (Phi) is 4.40. The molecule has 3 nitrogen and oxygen atoms in total. The van der Waals surface area contributed by atoms with Crippen LogP contribution in [0.25, 0.3) is 11.0 Å². The molecule has 0 aliphatic rings. The zero-order chi connectivity index (χ0) is 13.1. The van der Waals surface area contributed by atoms with Gasteiger partial charge in [0.15, 0.2) is 0 Å². The van der Waals surface area contributed by atoms with Crippen LogP contribution in [0.3, 0.4) is 0 Å². The smallest absolute Gasteiger partial charge is 0.111 e. The number of aromatic nitrogens is 2. The van der Waals surface area contributed by atoms with Gasteiger partial charge >= 0.3 is 0 Å². The Balaban J connectivity index is 2.44. The summed E-state index contributed by atoms with van der Waals surface area (Å²) in [4.78, 5) is 4.62. The Morgan fingerprint density at radius 2 is 2.22 bits per heavy atom. The summed E-state index contributed by atoms with van der Waals surface area (Å²) in [6.45, 7) is 2.79. The van der Waals surface area contributed by atoms with Gasteiger partial charge in [-0.2, -0.15) is 0 Å². The molecule has 0 N–H and O–H groups in total. The van der Waals surface area contributed by atoms with E-state index in [1.807, 2.05) is 0 Å². The molecular weight excluding hydrogens is 268 g/mol. The summed E-state index contributed by atoms with van der Waals surface area (Å²) in [5, 5.41) is 0. The molecule has 1 unspecified atom stereocenters. The van der Waals surface area contributed by atoms with E-state index in [0.717, 1.165) is 29.8 Å². The van der Waals surface area contributed by atoms with Crippen molar-refractivity contribution in [1.29, 1.82) is 0 Å². The highest BCUT2D eigenvalue weighted by Crippen LogP contribution is 2.18. The van der Waals surface area contributed by atoms with E-state index in [4.69, 9.17) is 11.6 Å². The fourth-order valence-corrected chi connectivity index (χ4v) is 2.64. The summed E-state index contributed by atoms with van der Waals surface area (Å²) < 4.78 is 13.4. The van der Waals surface area contributed by atoms with E-state index in [2.05, 4.69) is 34.7 Å². The van der Waals surface area contributed by atoms with Crippen LogP contribution in [-0.4, -0.2) is 31.6 Å². The number of aryl methyl sites for hydroxylation is 3. The lowest BCUT2D eigenvalue weighted by Gasteiger charge is -2.07. The normalized spacial score (nSPS) is 13.1. The topological polar surface area (TPSA) is 34.9 Å². The molecule has 1 aromatic carbocycles. The van der Waals surface area contributed by atoms with Crippen molar-refractivity contribution < 1.29 is 4.21 Å². The van der Waals surface area contributed by atoms with Crippen molar-refractivity contribution in [2.45, 2.75) is 19.9 Å². The second-order valence-electron chi connectivity index (χ2n) is 4.39. The number of fused-ring (bicyclic) bond motifs is 1. The van der Waals surface area contributed by atoms with Crippen molar-refractivity contribution in [2.24, 2.45) is 0 Å². The minimum Gasteiger partial charge on any atom is -0.327 e. The Labute approximate surface area is 115 Å². The zero-order valence-corrected chi connectivity index (χ0v) is 12.2. The average Bonchev–Trinajstić information content (AvgIpc) is 2.63. The van der Waals surface area contributed by atoms with E-state index in [1.165, 1.54) is 5.56 Å². The number of hydrogen-bond donors (Lipinski definition) is 0. The predicted molar refractivity (Wildman–Crippen MR) is 77.8 cm³/mol. The third kappa shape index (κ3) is 2.93. The average molecular weight is 285 g/mol. The molecule has 0 saturated carbocycles. The minimum atomic E-state index is -0.791. The third-order valence-electron chi connectivity index (χ3n) is 2.90. The number of rotatable bonds is 5. The Morgan fingerprint density at radius 3 is 2.89 bits per heavy atom. The summed E-state index contributed by atoms with van der Waals surface area (Å²) in [5.74, 6) is 2.18. The number of nitrogens with zero attached hydrogens (tertiary/aromatic N) is 2. The monoisotopic (exact) mass is 284 g/mol. The SMILES string of the molecule is Cc1ccc2c(c1)nc(CCCl)n2CCS(C)=O. The van der Waals surface area contributed by atoms with E-state index in [-0.39, 0.29) is 0 Å². The Bertz CT molecular complexity index is 580. The first-order valence-electron chi connectivity index (χ1n) is 5.93. The summed E-state index contributed by atoms with van der Waals surface area (Å²) in [6, 6.07) is 6.23. The first-order chi connectivity index (χ1) is 8.61. The molecule has 0 fully saturated rings. The van der Waals surface area contributed by atoms with Gasteiger partial charge in [-0.1, -0.05) is 6.07 Å². The Hall–Kier alpha value is -0.870. The van der Waals surface area contributed by atoms with Crippen LogP contribution in [0.4, 0.5) is 0 Å². The number of imidazole rings is 1. The second kappa shape index (κ2) is 5.85. The zero-order valence-electron chi connectivity index (χ0n) is 10.6. The molecule has 2 rings (SSSR count). The molecule has 98 valence electrons. The number of alkyl halides is 1. The first kappa shape index (κ1) is 13.6. The first-order valence-corrected chi connectivity index (χ1v) is 8.19. The molecule has 0 amide bonds. The summed E-state index contributed by atoms with van der Waals surface area (Å²) >= 11 is 5.82. The minimum absolute atomic E-state index is 0.553. The van der Waals surface area contributed by atoms with Gasteiger partial charge in [-0.05, 0) is 24.6 Å². The van der Waals surface area contributed by atoms with Gasteiger partial charge in [0.2, 0.25) is 0 Å². The van der Waals surface area contributed by atoms with E-state index < -0.39 is 10.8 Å². The molecule has 0 spiro atoms. The third-order valence-corrected chi connectivity index (χ3v) is 3.85. The molecule has 1 atom stereocenters. The summed E-state index contributed by atoms with van der Waals surface area (Å²) in [5.41, 5.74) is 3.30. The van der Waals surface area contributed by atoms with Crippen molar-refractivity contribution in [3.05, 3.63) is 29.6 Å². The largest absolute Gasteiger partial charge is 0.327 e. The van der Waals surface area contributed by atoms with Crippen molar-refractivity contribution in [1.82, 2.24) is 9.55 Å². The van der Waals surface area contributed by atoms with Crippen LogP contribution >= 0.6 is 11.6 Å². The van der Waals surface area contributed by atoms with E-state index in [9.17, 15) is 4.21 Å². The fraction of sp³-hybridized carbons (Fsp3) is 0.462. The Morgan fingerprint density at radius 1 is 1.44 bits per heavy atom. The molecule has 0 bridgehead atoms. The highest BCUT2D eigenvalue weighted by Gasteiger charge is 2.10. The quantitative estimate of drug-likeness (QED) is 0.791. The standard InChI is InChI=1S/C13H17ClN2OS/c1-10-3-4-12-11(9-10)15-13(5-6-14)16(12)7-8-18(2)17/h3-4,9H,5-8H2,1-2H3. The summed E-state index contributed by atoms with van der Waals surface area (Å²) in [6.07, 6.45) is 2.47. The summed E-state index contributed by atoms with van der Waals surface area (Å²) in [7, 11) is -0.791. The van der Waals surface area contributed by atoms with Gasteiger partial charge in [-0.15, -0.1) is 11.6 Å². The molecule has 0 aliphatic carbocycles. The molecular formula is C13H17ClN2OS. The van der Waals surface area contributed by atoms with Crippen LogP contribution in [0, 0.1) is 6.92 Å². The molecule has 1 heterocycles. The lowest BCUT2D eigenvalue weighted by Crippen LogP contribution is -2.10. The molecule has 1 aromatic heterocycles. The maximum Gasteiger partial charge on any atom is 0.111 e.